The lowest BCUT2D eigenvalue weighted by Crippen LogP contribution is -2.46. The third-order valence-electron chi connectivity index (χ3n) is 6.55. The quantitative estimate of drug-likeness (QED) is 0.417. The Hall–Kier alpha value is -3.49. The fraction of sp³-hybridized carbons (Fsp3) is 0.370. The lowest BCUT2D eigenvalue weighted by Gasteiger charge is -2.33. The number of hydrogen-bond acceptors (Lipinski definition) is 6. The standard InChI is InChI=1S/C27H28F3N5O2S/c1-31-26(36)17-5-7-19(8-6-17)32-12-3-4-18-14-35-23(33-21-11-13-34(2)15-20(21)28)10-9-22-24(35)25(18)38-27(29,30)16-37-22/h5-10,14,20-21,32-33H,11-13,15-16H2,1-2H3,(H,31,36)/t20-,21+/m0/s1. The predicted molar refractivity (Wildman–Crippen MR) is 143 cm³/mol. The molecule has 1 amide bonds. The molecule has 2 aliphatic rings. The smallest absolute Gasteiger partial charge is 0.331 e. The number of carbonyl (C=O) groups excluding carboxylic acids is 1. The number of piperidine rings is 1. The average molecular weight is 544 g/mol. The van der Waals surface area contributed by atoms with Crippen LogP contribution in [0.1, 0.15) is 22.3 Å². The molecule has 3 aromatic rings. The number of likely N-dealkylation sites (tertiary alicyclic amines) is 1. The molecule has 1 fully saturated rings. The number of halogens is 3. The van der Waals surface area contributed by atoms with Crippen LogP contribution >= 0.6 is 11.8 Å². The van der Waals surface area contributed by atoms with Crippen molar-refractivity contribution in [1.82, 2.24) is 14.6 Å². The maximum atomic E-state index is 14.7. The second kappa shape index (κ2) is 10.7. The van der Waals surface area contributed by atoms with E-state index in [-0.39, 0.29) is 18.5 Å². The van der Waals surface area contributed by atoms with Gasteiger partial charge in [0.05, 0.1) is 23.0 Å². The maximum Gasteiger partial charge on any atom is 0.331 e. The van der Waals surface area contributed by atoms with Gasteiger partial charge >= 0.3 is 5.25 Å². The number of benzene rings is 1. The molecule has 4 heterocycles. The molecule has 2 aliphatic heterocycles. The molecule has 3 N–H and O–H groups in total. The van der Waals surface area contributed by atoms with Gasteiger partial charge in [-0.25, -0.2) is 4.39 Å². The number of hydrogen-bond donors (Lipinski definition) is 3. The van der Waals surface area contributed by atoms with Crippen molar-refractivity contribution in [1.29, 1.82) is 0 Å². The summed E-state index contributed by atoms with van der Waals surface area (Å²) >= 11 is 0.429. The highest BCUT2D eigenvalue weighted by Gasteiger charge is 2.38. The zero-order valence-corrected chi connectivity index (χ0v) is 21.8. The highest BCUT2D eigenvalue weighted by Crippen LogP contribution is 2.47. The first kappa shape index (κ1) is 26.1. The van der Waals surface area contributed by atoms with Crippen molar-refractivity contribution in [3.8, 4) is 17.6 Å². The lowest BCUT2D eigenvalue weighted by atomic mass is 10.0. The molecule has 2 aromatic heterocycles. The molecule has 1 saturated heterocycles. The molecule has 11 heteroatoms. The molecule has 0 aliphatic carbocycles. The molecule has 0 unspecified atom stereocenters. The van der Waals surface area contributed by atoms with Gasteiger partial charge in [0.1, 0.15) is 23.3 Å². The first-order valence-electron chi connectivity index (χ1n) is 12.3. The van der Waals surface area contributed by atoms with Crippen LogP contribution in [0.25, 0.3) is 5.52 Å². The number of pyridine rings is 1. The number of aromatic nitrogens is 1. The van der Waals surface area contributed by atoms with E-state index >= 15 is 0 Å². The van der Waals surface area contributed by atoms with Crippen LogP contribution in [-0.4, -0.2) is 73.0 Å². The van der Waals surface area contributed by atoms with Crippen LogP contribution in [0.5, 0.6) is 5.75 Å². The van der Waals surface area contributed by atoms with Crippen LogP contribution in [-0.2, 0) is 0 Å². The van der Waals surface area contributed by atoms with Gasteiger partial charge < -0.3 is 25.6 Å². The number of rotatable bonds is 5. The summed E-state index contributed by atoms with van der Waals surface area (Å²) in [5.74, 6) is 6.77. The SMILES string of the molecule is CNC(=O)c1ccc(NCC#Cc2cn3c(N[C@@H]4CCN(C)C[C@@H]4F)ccc4c3c2SC(F)(F)CO4)cc1. The number of thioether (sulfide) groups is 1. The minimum absolute atomic E-state index is 0.175. The fourth-order valence-electron chi connectivity index (χ4n) is 4.57. The van der Waals surface area contributed by atoms with Crippen molar-refractivity contribution in [3.05, 3.63) is 53.7 Å². The Kier molecular flexibility index (Phi) is 7.36. The molecule has 0 spiro atoms. The minimum Gasteiger partial charge on any atom is -0.484 e. The summed E-state index contributed by atoms with van der Waals surface area (Å²) in [4.78, 5) is 14.0. The summed E-state index contributed by atoms with van der Waals surface area (Å²) in [7, 11) is 3.46. The van der Waals surface area contributed by atoms with Crippen LogP contribution in [0.3, 0.4) is 0 Å². The summed E-state index contributed by atoms with van der Waals surface area (Å²) < 4.78 is 51.1. The van der Waals surface area contributed by atoms with E-state index in [1.54, 1.807) is 54.0 Å². The van der Waals surface area contributed by atoms with Crippen LogP contribution < -0.4 is 20.7 Å². The van der Waals surface area contributed by atoms with Gasteiger partial charge in [0.2, 0.25) is 0 Å². The first-order valence-corrected chi connectivity index (χ1v) is 13.1. The van der Waals surface area contributed by atoms with Gasteiger partial charge in [-0.1, -0.05) is 11.8 Å². The van der Waals surface area contributed by atoms with Gasteiger partial charge in [-0.3, -0.25) is 9.20 Å². The molecular formula is C27H28F3N5O2S. The van der Waals surface area contributed by atoms with Crippen LogP contribution in [0.15, 0.2) is 47.5 Å². The molecular weight excluding hydrogens is 515 g/mol. The van der Waals surface area contributed by atoms with Crippen LogP contribution in [0.2, 0.25) is 0 Å². The van der Waals surface area contributed by atoms with E-state index < -0.39 is 18.0 Å². The maximum absolute atomic E-state index is 14.7. The summed E-state index contributed by atoms with van der Waals surface area (Å²) in [5.41, 5.74) is 2.24. The van der Waals surface area contributed by atoms with Gasteiger partial charge in [-0.2, -0.15) is 8.78 Å². The summed E-state index contributed by atoms with van der Waals surface area (Å²) in [5, 5.41) is 5.86. The molecule has 7 nitrogen and oxygen atoms in total. The van der Waals surface area contributed by atoms with E-state index in [1.165, 1.54) is 0 Å². The van der Waals surface area contributed by atoms with E-state index in [1.807, 2.05) is 11.9 Å². The van der Waals surface area contributed by atoms with Crippen LogP contribution in [0, 0.1) is 11.8 Å². The van der Waals surface area contributed by atoms with Gasteiger partial charge in [-0.05, 0) is 61.6 Å². The normalized spacial score (nSPS) is 20.6. The first-order chi connectivity index (χ1) is 18.2. The number of nitrogens with one attached hydrogen (secondary N) is 3. The van der Waals surface area contributed by atoms with E-state index in [2.05, 4.69) is 27.8 Å². The van der Waals surface area contributed by atoms with Crippen molar-refractivity contribution in [2.45, 2.75) is 28.8 Å². The molecule has 0 bridgehead atoms. The molecule has 1 aromatic carbocycles. The number of amides is 1. The zero-order valence-electron chi connectivity index (χ0n) is 21.0. The van der Waals surface area contributed by atoms with E-state index in [9.17, 15) is 18.0 Å². The summed E-state index contributed by atoms with van der Waals surface area (Å²) in [6.07, 6.45) is 1.27. The van der Waals surface area contributed by atoms with Gasteiger partial charge in [0, 0.05) is 37.6 Å². The Balaban J connectivity index is 1.41. The van der Waals surface area contributed by atoms with E-state index in [4.69, 9.17) is 4.74 Å². The largest absolute Gasteiger partial charge is 0.484 e. The van der Waals surface area contributed by atoms with Crippen molar-refractivity contribution >= 4 is 34.7 Å². The monoisotopic (exact) mass is 543 g/mol. The Labute approximate surface area is 223 Å². The Bertz CT molecular complexity index is 1400. The fourth-order valence-corrected chi connectivity index (χ4v) is 5.50. The van der Waals surface area contributed by atoms with Crippen molar-refractivity contribution in [2.75, 3.05) is 51.0 Å². The third kappa shape index (κ3) is 5.51. The number of alkyl halides is 3. The second-order valence-corrected chi connectivity index (χ2v) is 10.5. The van der Waals surface area contributed by atoms with Gasteiger partial charge in [0.15, 0.2) is 6.61 Å². The Morgan fingerprint density at radius 1 is 1.24 bits per heavy atom. The Morgan fingerprint density at radius 2 is 2.03 bits per heavy atom. The molecule has 0 saturated carbocycles. The zero-order chi connectivity index (χ0) is 26.9. The minimum atomic E-state index is -3.13. The molecule has 38 heavy (non-hydrogen) atoms. The average Bonchev–Trinajstić information content (AvgIpc) is 3.18. The van der Waals surface area contributed by atoms with E-state index in [0.717, 1.165) is 12.2 Å². The number of nitrogens with zero attached hydrogens (tertiary/aromatic N) is 2. The van der Waals surface area contributed by atoms with Crippen LogP contribution in [0.4, 0.5) is 24.7 Å². The molecule has 200 valence electrons. The molecule has 5 rings (SSSR count). The van der Waals surface area contributed by atoms with Crippen molar-refractivity contribution in [3.63, 3.8) is 0 Å². The van der Waals surface area contributed by atoms with E-state index in [0.29, 0.717) is 57.8 Å². The van der Waals surface area contributed by atoms with Crippen molar-refractivity contribution in [2.24, 2.45) is 0 Å². The van der Waals surface area contributed by atoms with Gasteiger partial charge in [0.25, 0.3) is 5.91 Å². The number of carbonyl (C=O) groups is 1. The predicted octanol–water partition coefficient (Wildman–Crippen LogP) is 4.29. The lowest BCUT2D eigenvalue weighted by molar-refractivity contribution is 0.0490. The topological polar surface area (TPSA) is 70.0 Å². The van der Waals surface area contributed by atoms with Gasteiger partial charge in [-0.15, -0.1) is 0 Å². The highest BCUT2D eigenvalue weighted by molar-refractivity contribution is 8.00. The number of anilines is 2. The second-order valence-electron chi connectivity index (χ2n) is 9.33. The summed E-state index contributed by atoms with van der Waals surface area (Å²) in [6, 6.07) is 9.92. The third-order valence-corrected chi connectivity index (χ3v) is 7.58. The Morgan fingerprint density at radius 3 is 2.76 bits per heavy atom. The molecule has 0 radical (unpaired) electrons. The van der Waals surface area contributed by atoms with Crippen molar-refractivity contribution < 1.29 is 22.7 Å². The molecule has 2 atom stereocenters. The summed E-state index contributed by atoms with van der Waals surface area (Å²) in [6.45, 7) is 0.606. The number of ether oxygens (including phenoxy) is 1. The highest BCUT2D eigenvalue weighted by atomic mass is 32.2.